The molecule has 0 aliphatic heterocycles. The highest BCUT2D eigenvalue weighted by molar-refractivity contribution is 9.10. The van der Waals surface area contributed by atoms with Gasteiger partial charge in [-0.1, -0.05) is 28.1 Å². The molecular formula is C10H7BrN2. The maximum Gasteiger partial charge on any atom is 0.116 e. The molecule has 0 atom stereocenters. The number of hydrogen-bond donors (Lipinski definition) is 0. The highest BCUT2D eigenvalue weighted by atomic mass is 79.9. The molecule has 0 saturated carbocycles. The van der Waals surface area contributed by atoms with Gasteiger partial charge < -0.3 is 0 Å². The number of rotatable bonds is 1. The topological polar surface area (TPSA) is 25.8 Å². The third-order valence-corrected chi connectivity index (χ3v) is 2.03. The zero-order valence-corrected chi connectivity index (χ0v) is 8.17. The predicted molar refractivity (Wildman–Crippen MR) is 55.2 cm³/mol. The molecular weight excluding hydrogens is 228 g/mol. The van der Waals surface area contributed by atoms with Gasteiger partial charge in [-0.15, -0.1) is 0 Å². The minimum Gasteiger partial charge on any atom is -0.245 e. The van der Waals surface area contributed by atoms with Crippen LogP contribution in [0.3, 0.4) is 0 Å². The minimum absolute atomic E-state index is 0.0610. The summed E-state index contributed by atoms with van der Waals surface area (Å²) < 4.78 is 23.3. The Balaban J connectivity index is 2.64. The summed E-state index contributed by atoms with van der Waals surface area (Å²) in [6.45, 7) is 0. The lowest BCUT2D eigenvalue weighted by atomic mass is 10.1. The average molecular weight is 238 g/mol. The summed E-state index contributed by atoms with van der Waals surface area (Å²) in [5.41, 5.74) is 1.01. The molecule has 64 valence electrons. The molecule has 2 aromatic rings. The van der Waals surface area contributed by atoms with E-state index >= 15 is 0 Å². The van der Waals surface area contributed by atoms with Crippen LogP contribution >= 0.6 is 15.9 Å². The minimum atomic E-state index is -0.240. The second-order valence-corrected chi connectivity index (χ2v) is 3.34. The summed E-state index contributed by atoms with van der Waals surface area (Å²) in [5, 5.41) is 0. The summed E-state index contributed by atoms with van der Waals surface area (Å²) in [4.78, 5) is 7.38. The number of halogens is 1. The van der Waals surface area contributed by atoms with E-state index in [2.05, 4.69) is 25.9 Å². The van der Waals surface area contributed by atoms with Crippen LogP contribution in [0, 0.1) is 0 Å². The third-order valence-electron chi connectivity index (χ3n) is 1.54. The van der Waals surface area contributed by atoms with E-state index in [0.29, 0.717) is 11.3 Å². The Kier molecular flexibility index (Phi) is 1.55. The van der Waals surface area contributed by atoms with Gasteiger partial charge in [-0.3, -0.25) is 0 Å². The largest absolute Gasteiger partial charge is 0.245 e. The molecule has 0 aliphatic carbocycles. The van der Waals surface area contributed by atoms with Gasteiger partial charge in [0.15, 0.2) is 0 Å². The molecule has 13 heavy (non-hydrogen) atoms. The molecule has 2 rings (SSSR count). The first-order valence-corrected chi connectivity index (χ1v) is 4.45. The maximum absolute atomic E-state index is 7.69. The lowest BCUT2D eigenvalue weighted by Crippen LogP contribution is -1.82. The van der Waals surface area contributed by atoms with Gasteiger partial charge in [-0.25, -0.2) is 9.97 Å². The summed E-state index contributed by atoms with van der Waals surface area (Å²) in [5.74, 6) is 0. The fourth-order valence-corrected chi connectivity index (χ4v) is 1.38. The molecule has 0 unspecified atom stereocenters. The van der Waals surface area contributed by atoms with Gasteiger partial charge >= 0.3 is 0 Å². The zero-order valence-electron chi connectivity index (χ0n) is 9.58. The van der Waals surface area contributed by atoms with Crippen LogP contribution in [-0.2, 0) is 0 Å². The Morgan fingerprint density at radius 3 is 3.15 bits per heavy atom. The fraction of sp³-hybridized carbons (Fsp3) is 0. The first-order valence-electron chi connectivity index (χ1n) is 5.15. The van der Waals surface area contributed by atoms with Crippen molar-refractivity contribution in [2.45, 2.75) is 0 Å². The molecule has 1 heterocycles. The van der Waals surface area contributed by atoms with Gasteiger partial charge in [0.2, 0.25) is 0 Å². The molecule has 3 heteroatoms. The first kappa shape index (κ1) is 5.50. The SMILES string of the molecule is [2H]c1nc([2H])c([2H])c(-c2cccc(Br)c2)n1. The van der Waals surface area contributed by atoms with Crippen LogP contribution in [0.25, 0.3) is 11.3 Å². The third kappa shape index (κ3) is 1.92. The van der Waals surface area contributed by atoms with Crippen molar-refractivity contribution in [3.05, 3.63) is 47.3 Å². The van der Waals surface area contributed by atoms with Gasteiger partial charge in [0.05, 0.1) is 8.44 Å². The highest BCUT2D eigenvalue weighted by Gasteiger charge is 1.97. The molecule has 0 spiro atoms. The zero-order chi connectivity index (χ0) is 11.7. The number of nitrogens with zero attached hydrogens (tertiary/aromatic N) is 2. The quantitative estimate of drug-likeness (QED) is 0.763. The smallest absolute Gasteiger partial charge is 0.116 e. The van der Waals surface area contributed by atoms with Crippen LogP contribution < -0.4 is 0 Å². The molecule has 0 saturated heterocycles. The van der Waals surface area contributed by atoms with Gasteiger partial charge in [0, 0.05) is 16.2 Å². The van der Waals surface area contributed by atoms with Crippen LogP contribution in [0.5, 0.6) is 0 Å². The van der Waals surface area contributed by atoms with Crippen molar-refractivity contribution in [3.8, 4) is 11.3 Å². The summed E-state index contributed by atoms with van der Waals surface area (Å²) in [6, 6.07) is 7.18. The molecule has 2 nitrogen and oxygen atoms in total. The molecule has 1 aromatic heterocycles. The fourth-order valence-electron chi connectivity index (χ4n) is 0.981. The normalized spacial score (nSPS) is 13.2. The van der Waals surface area contributed by atoms with E-state index in [9.17, 15) is 0 Å². The maximum atomic E-state index is 7.69. The number of benzene rings is 1. The summed E-state index contributed by atoms with van der Waals surface area (Å²) >= 11 is 3.32. The average Bonchev–Trinajstić information content (AvgIpc) is 2.23. The van der Waals surface area contributed by atoms with Crippen LogP contribution in [0.2, 0.25) is 0 Å². The van der Waals surface area contributed by atoms with Crippen molar-refractivity contribution in [1.82, 2.24) is 9.97 Å². The van der Waals surface area contributed by atoms with Crippen molar-refractivity contribution in [3.63, 3.8) is 0 Å². The van der Waals surface area contributed by atoms with Crippen molar-refractivity contribution >= 4 is 15.9 Å². The molecule has 0 radical (unpaired) electrons. The molecule has 0 N–H and O–H groups in total. The lowest BCUT2D eigenvalue weighted by molar-refractivity contribution is 1.17. The summed E-state index contributed by atoms with van der Waals surface area (Å²) in [6.07, 6.45) is -0.467. The van der Waals surface area contributed by atoms with Crippen LogP contribution in [0.1, 0.15) is 4.11 Å². The molecule has 1 aromatic carbocycles. The Morgan fingerprint density at radius 1 is 1.38 bits per heavy atom. The monoisotopic (exact) mass is 237 g/mol. The highest BCUT2D eigenvalue weighted by Crippen LogP contribution is 2.19. The van der Waals surface area contributed by atoms with Gasteiger partial charge in [0.1, 0.15) is 7.67 Å². The Morgan fingerprint density at radius 2 is 2.31 bits per heavy atom. The molecule has 0 amide bonds. The number of hydrogen-bond acceptors (Lipinski definition) is 2. The van der Waals surface area contributed by atoms with Gasteiger partial charge in [-0.2, -0.15) is 0 Å². The second-order valence-electron chi connectivity index (χ2n) is 2.42. The standard InChI is InChI=1S/C10H7BrN2/c11-9-3-1-2-8(6-9)10-4-5-12-7-13-10/h1-7H/i4D,5D,7D. The predicted octanol–water partition coefficient (Wildman–Crippen LogP) is 2.91. The van der Waals surface area contributed by atoms with E-state index in [1.807, 2.05) is 12.1 Å². The Hall–Kier alpha value is -1.22. The van der Waals surface area contributed by atoms with Crippen molar-refractivity contribution in [1.29, 1.82) is 0 Å². The number of aromatic nitrogens is 2. The first-order chi connectivity index (χ1) is 7.58. The van der Waals surface area contributed by atoms with E-state index in [1.54, 1.807) is 12.1 Å². The van der Waals surface area contributed by atoms with Gasteiger partial charge in [0.25, 0.3) is 0 Å². The van der Waals surface area contributed by atoms with E-state index < -0.39 is 0 Å². The van der Waals surface area contributed by atoms with Crippen LogP contribution in [0.4, 0.5) is 0 Å². The van der Waals surface area contributed by atoms with E-state index in [0.717, 1.165) is 4.47 Å². The van der Waals surface area contributed by atoms with Crippen molar-refractivity contribution in [2.24, 2.45) is 0 Å². The van der Waals surface area contributed by atoms with E-state index in [4.69, 9.17) is 4.11 Å². The molecule has 0 bridgehead atoms. The lowest BCUT2D eigenvalue weighted by Gasteiger charge is -1.99. The van der Waals surface area contributed by atoms with Crippen molar-refractivity contribution < 1.29 is 4.11 Å². The van der Waals surface area contributed by atoms with E-state index in [-0.39, 0.29) is 18.5 Å². The second kappa shape index (κ2) is 3.66. The van der Waals surface area contributed by atoms with Crippen LogP contribution in [0.15, 0.2) is 47.3 Å². The summed E-state index contributed by atoms with van der Waals surface area (Å²) in [7, 11) is 0. The molecule has 0 fully saturated rings. The van der Waals surface area contributed by atoms with Crippen molar-refractivity contribution in [2.75, 3.05) is 0 Å². The van der Waals surface area contributed by atoms with Crippen LogP contribution in [-0.4, -0.2) is 9.97 Å². The van der Waals surface area contributed by atoms with E-state index in [1.165, 1.54) is 0 Å². The Labute approximate surface area is 89.0 Å². The Bertz CT molecular complexity index is 546. The molecule has 0 aliphatic rings. The van der Waals surface area contributed by atoms with Gasteiger partial charge in [-0.05, 0) is 18.2 Å².